The summed E-state index contributed by atoms with van der Waals surface area (Å²) in [5.74, 6) is 1.39. The number of amides is 1. The highest BCUT2D eigenvalue weighted by atomic mass is 16.5. The van der Waals surface area contributed by atoms with Crippen molar-refractivity contribution in [2.75, 3.05) is 26.8 Å². The SMILES string of the molecule is COc1ncccc1C(=O)N1CCC(COc2cc3c(nn2)CCC3)CC1. The summed E-state index contributed by atoms with van der Waals surface area (Å²) in [5.41, 5.74) is 2.90. The fourth-order valence-electron chi connectivity index (χ4n) is 3.77. The Balaban J connectivity index is 1.29. The average Bonchev–Trinajstić information content (AvgIpc) is 3.20. The van der Waals surface area contributed by atoms with Crippen molar-refractivity contribution in [3.8, 4) is 11.8 Å². The van der Waals surface area contributed by atoms with Crippen molar-refractivity contribution < 1.29 is 14.3 Å². The number of carbonyl (C=O) groups excluding carboxylic acids is 1. The van der Waals surface area contributed by atoms with E-state index in [1.54, 1.807) is 18.3 Å². The largest absolute Gasteiger partial charge is 0.480 e. The predicted octanol–water partition coefficient (Wildman–Crippen LogP) is 2.30. The molecule has 1 amide bonds. The summed E-state index contributed by atoms with van der Waals surface area (Å²) >= 11 is 0. The van der Waals surface area contributed by atoms with Crippen LogP contribution in [0.15, 0.2) is 24.4 Å². The second-order valence-corrected chi connectivity index (χ2v) is 7.11. The number of hydrogen-bond donors (Lipinski definition) is 0. The molecule has 7 heteroatoms. The summed E-state index contributed by atoms with van der Waals surface area (Å²) < 4.78 is 11.1. The van der Waals surface area contributed by atoms with Gasteiger partial charge in [0, 0.05) is 25.4 Å². The number of rotatable bonds is 5. The Kier molecular flexibility index (Phi) is 5.18. The zero-order chi connectivity index (χ0) is 18.6. The first kappa shape index (κ1) is 17.7. The second-order valence-electron chi connectivity index (χ2n) is 7.11. The highest BCUT2D eigenvalue weighted by molar-refractivity contribution is 5.96. The van der Waals surface area contributed by atoms with Crippen LogP contribution in [0.25, 0.3) is 0 Å². The van der Waals surface area contributed by atoms with Crippen LogP contribution in [-0.4, -0.2) is 52.8 Å². The quantitative estimate of drug-likeness (QED) is 0.806. The van der Waals surface area contributed by atoms with Gasteiger partial charge in [-0.25, -0.2) is 4.98 Å². The molecule has 27 heavy (non-hydrogen) atoms. The van der Waals surface area contributed by atoms with Gasteiger partial charge in [-0.1, -0.05) is 0 Å². The number of ether oxygens (including phenoxy) is 2. The molecule has 4 rings (SSSR count). The van der Waals surface area contributed by atoms with Gasteiger partial charge >= 0.3 is 0 Å². The summed E-state index contributed by atoms with van der Waals surface area (Å²) in [4.78, 5) is 18.7. The number of piperidine rings is 1. The van der Waals surface area contributed by atoms with Gasteiger partial charge in [0.05, 0.1) is 19.4 Å². The van der Waals surface area contributed by atoms with Crippen LogP contribution in [0.2, 0.25) is 0 Å². The van der Waals surface area contributed by atoms with Crippen molar-refractivity contribution in [3.63, 3.8) is 0 Å². The van der Waals surface area contributed by atoms with E-state index in [0.717, 1.165) is 37.8 Å². The zero-order valence-corrected chi connectivity index (χ0v) is 15.6. The maximum atomic E-state index is 12.7. The Labute approximate surface area is 158 Å². The Hall–Kier alpha value is -2.70. The number of hydrogen-bond acceptors (Lipinski definition) is 6. The molecule has 0 atom stereocenters. The predicted molar refractivity (Wildman–Crippen MR) is 99.0 cm³/mol. The molecule has 2 aromatic rings. The first-order valence-corrected chi connectivity index (χ1v) is 9.51. The van der Waals surface area contributed by atoms with E-state index < -0.39 is 0 Å². The molecular weight excluding hydrogens is 344 g/mol. The van der Waals surface area contributed by atoms with Gasteiger partial charge in [0.2, 0.25) is 11.8 Å². The molecule has 1 saturated heterocycles. The van der Waals surface area contributed by atoms with Gasteiger partial charge in [0.15, 0.2) is 0 Å². The lowest BCUT2D eigenvalue weighted by molar-refractivity contribution is 0.0655. The molecule has 1 aliphatic heterocycles. The fraction of sp³-hybridized carbons (Fsp3) is 0.500. The van der Waals surface area contributed by atoms with Gasteiger partial charge in [-0.15, -0.1) is 5.10 Å². The van der Waals surface area contributed by atoms with Crippen molar-refractivity contribution in [1.82, 2.24) is 20.1 Å². The molecule has 0 saturated carbocycles. The molecule has 0 aromatic carbocycles. The van der Waals surface area contributed by atoms with Crippen LogP contribution < -0.4 is 9.47 Å². The molecule has 0 spiro atoms. The van der Waals surface area contributed by atoms with Gasteiger partial charge in [0.1, 0.15) is 5.56 Å². The Morgan fingerprint density at radius 3 is 2.93 bits per heavy atom. The lowest BCUT2D eigenvalue weighted by Crippen LogP contribution is -2.39. The van der Waals surface area contributed by atoms with E-state index in [0.29, 0.717) is 42.9 Å². The number of aryl methyl sites for hydroxylation is 2. The van der Waals surface area contributed by atoms with Gasteiger partial charge in [0.25, 0.3) is 5.91 Å². The number of likely N-dealkylation sites (tertiary alicyclic amines) is 1. The summed E-state index contributed by atoms with van der Waals surface area (Å²) in [6.07, 6.45) is 6.69. The minimum absolute atomic E-state index is 0.0243. The van der Waals surface area contributed by atoms with Gasteiger partial charge in [-0.3, -0.25) is 4.79 Å². The third-order valence-electron chi connectivity index (χ3n) is 5.36. The van der Waals surface area contributed by atoms with E-state index in [4.69, 9.17) is 9.47 Å². The molecule has 2 aliphatic rings. The molecule has 0 unspecified atom stereocenters. The zero-order valence-electron chi connectivity index (χ0n) is 15.6. The van der Waals surface area contributed by atoms with Gasteiger partial charge in [-0.05, 0) is 55.7 Å². The average molecular weight is 368 g/mol. The molecule has 0 N–H and O–H groups in total. The second kappa shape index (κ2) is 7.90. The number of pyridine rings is 1. The molecule has 142 valence electrons. The van der Waals surface area contributed by atoms with Crippen LogP contribution in [0, 0.1) is 5.92 Å². The highest BCUT2D eigenvalue weighted by Gasteiger charge is 2.26. The third-order valence-corrected chi connectivity index (χ3v) is 5.36. The topological polar surface area (TPSA) is 77.4 Å². The Morgan fingerprint density at radius 1 is 1.26 bits per heavy atom. The molecule has 1 aliphatic carbocycles. The van der Waals surface area contributed by atoms with Gasteiger partial charge in [-0.2, -0.15) is 5.10 Å². The molecule has 7 nitrogen and oxygen atoms in total. The van der Waals surface area contributed by atoms with Crippen LogP contribution in [0.4, 0.5) is 0 Å². The Bertz CT molecular complexity index is 819. The smallest absolute Gasteiger partial charge is 0.259 e. The van der Waals surface area contributed by atoms with Crippen LogP contribution in [-0.2, 0) is 12.8 Å². The monoisotopic (exact) mass is 368 g/mol. The van der Waals surface area contributed by atoms with E-state index >= 15 is 0 Å². The highest BCUT2D eigenvalue weighted by Crippen LogP contribution is 2.25. The molecule has 3 heterocycles. The van der Waals surface area contributed by atoms with E-state index in [2.05, 4.69) is 15.2 Å². The van der Waals surface area contributed by atoms with Crippen LogP contribution in [0.3, 0.4) is 0 Å². The van der Waals surface area contributed by atoms with Crippen molar-refractivity contribution in [2.24, 2.45) is 5.92 Å². The number of methoxy groups -OCH3 is 1. The van der Waals surface area contributed by atoms with Crippen LogP contribution >= 0.6 is 0 Å². The minimum atomic E-state index is -0.0243. The summed E-state index contributed by atoms with van der Waals surface area (Å²) in [5, 5.41) is 8.44. The van der Waals surface area contributed by atoms with Crippen molar-refractivity contribution >= 4 is 5.91 Å². The molecule has 2 aromatic heterocycles. The first-order valence-electron chi connectivity index (χ1n) is 9.51. The van der Waals surface area contributed by atoms with Crippen LogP contribution in [0.5, 0.6) is 11.8 Å². The van der Waals surface area contributed by atoms with Crippen molar-refractivity contribution in [3.05, 3.63) is 41.2 Å². The first-order chi connectivity index (χ1) is 13.2. The lowest BCUT2D eigenvalue weighted by Gasteiger charge is -2.32. The number of aromatic nitrogens is 3. The summed E-state index contributed by atoms with van der Waals surface area (Å²) in [6.45, 7) is 2.03. The summed E-state index contributed by atoms with van der Waals surface area (Å²) in [7, 11) is 1.53. The van der Waals surface area contributed by atoms with Gasteiger partial charge < -0.3 is 14.4 Å². The lowest BCUT2D eigenvalue weighted by atomic mass is 9.97. The summed E-state index contributed by atoms with van der Waals surface area (Å²) in [6, 6.07) is 5.55. The Morgan fingerprint density at radius 2 is 2.11 bits per heavy atom. The fourth-order valence-corrected chi connectivity index (χ4v) is 3.77. The maximum Gasteiger partial charge on any atom is 0.259 e. The van der Waals surface area contributed by atoms with Crippen molar-refractivity contribution in [1.29, 1.82) is 0 Å². The number of nitrogens with zero attached hydrogens (tertiary/aromatic N) is 4. The van der Waals surface area contributed by atoms with E-state index in [-0.39, 0.29) is 5.91 Å². The molecular formula is C20H24N4O3. The maximum absolute atomic E-state index is 12.7. The molecule has 0 bridgehead atoms. The van der Waals surface area contributed by atoms with E-state index in [9.17, 15) is 4.79 Å². The van der Waals surface area contributed by atoms with Crippen LogP contribution in [0.1, 0.15) is 40.9 Å². The normalized spacial score (nSPS) is 16.9. The van der Waals surface area contributed by atoms with E-state index in [1.807, 2.05) is 11.0 Å². The minimum Gasteiger partial charge on any atom is -0.480 e. The molecule has 1 fully saturated rings. The van der Waals surface area contributed by atoms with Crippen molar-refractivity contribution in [2.45, 2.75) is 32.1 Å². The standard InChI is InChI=1S/C20H24N4O3/c1-26-19-16(5-3-9-21-19)20(25)24-10-7-14(8-11-24)13-27-18-12-15-4-2-6-17(15)22-23-18/h3,5,9,12,14H,2,4,6-8,10-11,13H2,1H3. The molecule has 0 radical (unpaired) electrons. The third kappa shape index (κ3) is 3.86. The van der Waals surface area contributed by atoms with E-state index in [1.165, 1.54) is 12.7 Å². The number of fused-ring (bicyclic) bond motifs is 1. The number of carbonyl (C=O) groups is 1.